The van der Waals surface area contributed by atoms with E-state index in [1.54, 1.807) is 24.3 Å². The molecule has 0 aromatic heterocycles. The Bertz CT molecular complexity index is 728. The molecule has 2 aromatic carbocycles. The first kappa shape index (κ1) is 15.7. The van der Waals surface area contributed by atoms with Crippen LogP contribution in [0.5, 0.6) is 0 Å². The molecule has 0 aliphatic rings. The molecule has 3 N–H and O–H groups in total. The summed E-state index contributed by atoms with van der Waals surface area (Å²) in [5.74, 6) is 0. The summed E-state index contributed by atoms with van der Waals surface area (Å²) < 4.78 is 27.1. The number of nitrogens with one attached hydrogen (secondary N) is 1. The Balaban J connectivity index is 2.23. The molecule has 2 rings (SSSR count). The van der Waals surface area contributed by atoms with E-state index in [0.29, 0.717) is 16.4 Å². The molecule has 0 amide bonds. The highest BCUT2D eigenvalue weighted by Crippen LogP contribution is 2.24. The van der Waals surface area contributed by atoms with Crippen molar-refractivity contribution >= 4 is 33.0 Å². The van der Waals surface area contributed by atoms with E-state index in [2.05, 4.69) is 11.6 Å². The fourth-order valence-electron chi connectivity index (χ4n) is 1.95. The molecular formula is C15H17ClN2O2S. The first-order valence-electron chi connectivity index (χ1n) is 6.59. The third-order valence-electron chi connectivity index (χ3n) is 3.02. The largest absolute Gasteiger partial charge is 0.397 e. The second-order valence-corrected chi connectivity index (χ2v) is 6.83. The SMILES string of the molecule is CCCc1ccc(S(=O)(=O)Nc2ccc(Cl)c(N)c2)cc1. The molecule has 0 saturated heterocycles. The number of aryl methyl sites for hydroxylation is 1. The van der Waals surface area contributed by atoms with E-state index < -0.39 is 10.0 Å². The lowest BCUT2D eigenvalue weighted by Gasteiger charge is -2.10. The summed E-state index contributed by atoms with van der Waals surface area (Å²) in [5, 5.41) is 0.391. The van der Waals surface area contributed by atoms with Crippen LogP contribution in [0.1, 0.15) is 18.9 Å². The zero-order chi connectivity index (χ0) is 15.5. The van der Waals surface area contributed by atoms with Crippen LogP contribution in [-0.2, 0) is 16.4 Å². The first-order chi connectivity index (χ1) is 9.92. The quantitative estimate of drug-likeness (QED) is 0.824. The zero-order valence-corrected chi connectivity index (χ0v) is 13.2. The summed E-state index contributed by atoms with van der Waals surface area (Å²) in [7, 11) is -3.62. The molecule has 0 bridgehead atoms. The Hall–Kier alpha value is -1.72. The minimum atomic E-state index is -3.62. The first-order valence-corrected chi connectivity index (χ1v) is 8.45. The molecule has 0 aliphatic heterocycles. The van der Waals surface area contributed by atoms with Crippen molar-refractivity contribution in [1.29, 1.82) is 0 Å². The van der Waals surface area contributed by atoms with E-state index in [4.69, 9.17) is 17.3 Å². The highest BCUT2D eigenvalue weighted by atomic mass is 35.5. The molecule has 21 heavy (non-hydrogen) atoms. The summed E-state index contributed by atoms with van der Waals surface area (Å²) in [6, 6.07) is 11.5. The lowest BCUT2D eigenvalue weighted by Crippen LogP contribution is -2.13. The standard InChI is InChI=1S/C15H17ClN2O2S/c1-2-3-11-4-7-13(8-5-11)21(19,20)18-12-6-9-14(16)15(17)10-12/h4-10,18H,2-3,17H2,1H3. The van der Waals surface area contributed by atoms with Crippen LogP contribution < -0.4 is 10.5 Å². The van der Waals surface area contributed by atoms with Gasteiger partial charge < -0.3 is 5.73 Å². The molecule has 0 saturated carbocycles. The Morgan fingerprint density at radius 2 is 1.81 bits per heavy atom. The minimum absolute atomic E-state index is 0.218. The molecule has 0 unspecified atom stereocenters. The van der Waals surface area contributed by atoms with E-state index in [0.717, 1.165) is 18.4 Å². The second kappa shape index (κ2) is 6.37. The van der Waals surface area contributed by atoms with Crippen LogP contribution in [0.25, 0.3) is 0 Å². The number of halogens is 1. The van der Waals surface area contributed by atoms with Gasteiger partial charge in [0.1, 0.15) is 0 Å². The summed E-state index contributed by atoms with van der Waals surface area (Å²) in [5.41, 5.74) is 7.50. The second-order valence-electron chi connectivity index (χ2n) is 4.74. The van der Waals surface area contributed by atoms with Gasteiger partial charge in [-0.05, 0) is 42.3 Å². The van der Waals surface area contributed by atoms with Crippen molar-refractivity contribution in [3.63, 3.8) is 0 Å². The van der Waals surface area contributed by atoms with Gasteiger partial charge in [0.2, 0.25) is 0 Å². The number of hydrogen-bond donors (Lipinski definition) is 2. The topological polar surface area (TPSA) is 72.2 Å². The van der Waals surface area contributed by atoms with Gasteiger partial charge in [-0.1, -0.05) is 37.1 Å². The highest BCUT2D eigenvalue weighted by Gasteiger charge is 2.14. The molecule has 0 aliphatic carbocycles. The van der Waals surface area contributed by atoms with E-state index in [1.807, 2.05) is 12.1 Å². The molecule has 6 heteroatoms. The Morgan fingerprint density at radius 1 is 1.14 bits per heavy atom. The fraction of sp³-hybridized carbons (Fsp3) is 0.200. The molecular weight excluding hydrogens is 308 g/mol. The van der Waals surface area contributed by atoms with Crippen LogP contribution in [0.15, 0.2) is 47.4 Å². The maximum absolute atomic E-state index is 12.3. The van der Waals surface area contributed by atoms with Gasteiger partial charge in [-0.3, -0.25) is 4.72 Å². The third-order valence-corrected chi connectivity index (χ3v) is 4.76. The predicted molar refractivity (Wildman–Crippen MR) is 87.1 cm³/mol. The van der Waals surface area contributed by atoms with Crippen LogP contribution in [0.2, 0.25) is 5.02 Å². The Labute approximate surface area is 130 Å². The van der Waals surface area contributed by atoms with Crippen LogP contribution in [-0.4, -0.2) is 8.42 Å². The van der Waals surface area contributed by atoms with Crippen LogP contribution in [0.3, 0.4) is 0 Å². The molecule has 112 valence electrons. The van der Waals surface area contributed by atoms with Crippen molar-refractivity contribution in [3.05, 3.63) is 53.1 Å². The fourth-order valence-corrected chi connectivity index (χ4v) is 3.11. The smallest absolute Gasteiger partial charge is 0.261 e. The van der Waals surface area contributed by atoms with Gasteiger partial charge in [-0.25, -0.2) is 8.42 Å². The normalized spacial score (nSPS) is 11.3. The highest BCUT2D eigenvalue weighted by molar-refractivity contribution is 7.92. The Kier molecular flexibility index (Phi) is 4.75. The number of benzene rings is 2. The van der Waals surface area contributed by atoms with Crippen molar-refractivity contribution in [2.24, 2.45) is 0 Å². The van der Waals surface area contributed by atoms with Gasteiger partial charge in [-0.15, -0.1) is 0 Å². The molecule has 0 heterocycles. The Morgan fingerprint density at radius 3 is 2.38 bits per heavy atom. The number of nitrogens with two attached hydrogens (primary N) is 1. The summed E-state index contributed by atoms with van der Waals surface area (Å²) >= 11 is 5.81. The monoisotopic (exact) mass is 324 g/mol. The average Bonchev–Trinajstić information content (AvgIpc) is 2.44. The number of rotatable bonds is 5. The third kappa shape index (κ3) is 3.89. The van der Waals surface area contributed by atoms with Crippen LogP contribution in [0, 0.1) is 0 Å². The van der Waals surface area contributed by atoms with E-state index in [1.165, 1.54) is 6.07 Å². The summed E-state index contributed by atoms with van der Waals surface area (Å²) in [4.78, 5) is 0.218. The number of hydrogen-bond acceptors (Lipinski definition) is 3. The maximum Gasteiger partial charge on any atom is 0.261 e. The van der Waals surface area contributed by atoms with Crippen LogP contribution in [0.4, 0.5) is 11.4 Å². The predicted octanol–water partition coefficient (Wildman–Crippen LogP) is 3.68. The zero-order valence-electron chi connectivity index (χ0n) is 11.6. The van der Waals surface area contributed by atoms with Crippen molar-refractivity contribution < 1.29 is 8.42 Å². The van der Waals surface area contributed by atoms with E-state index in [9.17, 15) is 8.42 Å². The number of anilines is 2. The summed E-state index contributed by atoms with van der Waals surface area (Å²) in [6.45, 7) is 2.08. The van der Waals surface area contributed by atoms with Gasteiger partial charge in [0.15, 0.2) is 0 Å². The molecule has 0 spiro atoms. The molecule has 0 radical (unpaired) electrons. The van der Waals surface area contributed by atoms with Gasteiger partial charge in [-0.2, -0.15) is 0 Å². The minimum Gasteiger partial charge on any atom is -0.397 e. The van der Waals surface area contributed by atoms with E-state index >= 15 is 0 Å². The molecule has 0 fully saturated rings. The average molecular weight is 325 g/mol. The van der Waals surface area contributed by atoms with Crippen LogP contribution >= 0.6 is 11.6 Å². The van der Waals surface area contributed by atoms with Gasteiger partial charge >= 0.3 is 0 Å². The summed E-state index contributed by atoms with van der Waals surface area (Å²) in [6.07, 6.45) is 1.95. The molecule has 2 aromatic rings. The van der Waals surface area contributed by atoms with E-state index in [-0.39, 0.29) is 4.90 Å². The van der Waals surface area contributed by atoms with Crippen molar-refractivity contribution in [2.45, 2.75) is 24.7 Å². The lowest BCUT2D eigenvalue weighted by molar-refractivity contribution is 0.601. The number of nitrogen functional groups attached to an aromatic ring is 1. The van der Waals surface area contributed by atoms with Crippen molar-refractivity contribution in [1.82, 2.24) is 0 Å². The lowest BCUT2D eigenvalue weighted by atomic mass is 10.1. The van der Waals surface area contributed by atoms with Crippen molar-refractivity contribution in [3.8, 4) is 0 Å². The van der Waals surface area contributed by atoms with Gasteiger partial charge in [0.25, 0.3) is 10.0 Å². The maximum atomic E-state index is 12.3. The van der Waals surface area contributed by atoms with Gasteiger partial charge in [0, 0.05) is 0 Å². The molecule has 0 atom stereocenters. The number of sulfonamides is 1. The van der Waals surface area contributed by atoms with Gasteiger partial charge in [0.05, 0.1) is 21.3 Å². The molecule has 4 nitrogen and oxygen atoms in total. The van der Waals surface area contributed by atoms with Crippen molar-refractivity contribution in [2.75, 3.05) is 10.5 Å².